The zero-order valence-electron chi connectivity index (χ0n) is 10.7. The van der Waals surface area contributed by atoms with Gasteiger partial charge in [0, 0.05) is 29.3 Å². The van der Waals surface area contributed by atoms with Gasteiger partial charge in [-0.15, -0.1) is 0 Å². The molecule has 20 heavy (non-hydrogen) atoms. The first-order valence-electron chi connectivity index (χ1n) is 6.25. The highest BCUT2D eigenvalue weighted by atomic mass is 35.5. The Balaban J connectivity index is 1.87. The lowest BCUT2D eigenvalue weighted by molar-refractivity contribution is -0.136. The molecule has 0 fully saturated rings. The summed E-state index contributed by atoms with van der Waals surface area (Å²) in [6.45, 7) is 0.0393. The van der Waals surface area contributed by atoms with Crippen molar-refractivity contribution >= 4 is 29.1 Å². The Morgan fingerprint density at radius 2 is 2.10 bits per heavy atom. The number of aliphatic hydroxyl groups is 1. The lowest BCUT2D eigenvalue weighted by Crippen LogP contribution is -2.40. The van der Waals surface area contributed by atoms with Crippen molar-refractivity contribution in [1.82, 2.24) is 5.32 Å². The van der Waals surface area contributed by atoms with Gasteiger partial charge in [0.2, 0.25) is 0 Å². The summed E-state index contributed by atoms with van der Waals surface area (Å²) in [4.78, 5) is 23.5. The molecule has 0 saturated carbocycles. The zero-order chi connectivity index (χ0) is 14.5. The number of halogens is 1. The summed E-state index contributed by atoms with van der Waals surface area (Å²) < 4.78 is 0. The van der Waals surface area contributed by atoms with Crippen molar-refractivity contribution in [2.24, 2.45) is 5.92 Å². The number of carbonyl (C=O) groups is 2. The van der Waals surface area contributed by atoms with Crippen molar-refractivity contribution < 1.29 is 14.7 Å². The Hall–Kier alpha value is -1.85. The highest BCUT2D eigenvalue weighted by molar-refractivity contribution is 6.40. The maximum absolute atomic E-state index is 11.7. The largest absolute Gasteiger partial charge is 0.396 e. The number of amides is 2. The molecule has 0 unspecified atom stereocenters. The number of rotatable bonds is 3. The van der Waals surface area contributed by atoms with Crippen LogP contribution >= 0.6 is 11.6 Å². The molecule has 3 N–H and O–H groups in total. The summed E-state index contributed by atoms with van der Waals surface area (Å²) in [6, 6.07) is 6.35. The first kappa shape index (κ1) is 14.6. The summed E-state index contributed by atoms with van der Waals surface area (Å²) in [7, 11) is 0. The van der Waals surface area contributed by atoms with Crippen LogP contribution in [0.2, 0.25) is 5.02 Å². The topological polar surface area (TPSA) is 78.4 Å². The van der Waals surface area contributed by atoms with Crippen LogP contribution in [-0.4, -0.2) is 29.6 Å². The fourth-order valence-corrected chi connectivity index (χ4v) is 2.20. The molecule has 1 aromatic carbocycles. The van der Waals surface area contributed by atoms with Crippen molar-refractivity contribution in [2.75, 3.05) is 11.9 Å². The molecule has 1 aliphatic rings. The van der Waals surface area contributed by atoms with Gasteiger partial charge in [-0.3, -0.25) is 9.59 Å². The van der Waals surface area contributed by atoms with Gasteiger partial charge in [-0.05, 0) is 24.6 Å². The van der Waals surface area contributed by atoms with Gasteiger partial charge in [0.1, 0.15) is 0 Å². The molecule has 2 atom stereocenters. The Labute approximate surface area is 121 Å². The summed E-state index contributed by atoms with van der Waals surface area (Å²) in [5, 5.41) is 14.5. The average Bonchev–Trinajstić information content (AvgIpc) is 2.86. The third-order valence-corrected chi connectivity index (χ3v) is 3.25. The van der Waals surface area contributed by atoms with Gasteiger partial charge < -0.3 is 15.7 Å². The number of nitrogens with one attached hydrogen (secondary N) is 2. The van der Waals surface area contributed by atoms with Gasteiger partial charge >= 0.3 is 11.8 Å². The number of benzene rings is 1. The maximum atomic E-state index is 11.7. The van der Waals surface area contributed by atoms with E-state index >= 15 is 0 Å². The van der Waals surface area contributed by atoms with E-state index in [1.54, 1.807) is 30.3 Å². The minimum atomic E-state index is -0.742. The molecule has 5 nitrogen and oxygen atoms in total. The van der Waals surface area contributed by atoms with Crippen LogP contribution in [0.5, 0.6) is 0 Å². The fraction of sp³-hybridized carbons (Fsp3) is 0.286. The van der Waals surface area contributed by atoms with E-state index in [4.69, 9.17) is 16.7 Å². The third kappa shape index (κ3) is 3.82. The van der Waals surface area contributed by atoms with Gasteiger partial charge in [0.25, 0.3) is 0 Å². The van der Waals surface area contributed by atoms with Crippen LogP contribution in [0.3, 0.4) is 0 Å². The maximum Gasteiger partial charge on any atom is 0.313 e. The van der Waals surface area contributed by atoms with Gasteiger partial charge in [-0.2, -0.15) is 0 Å². The van der Waals surface area contributed by atoms with Crippen LogP contribution in [0.1, 0.15) is 6.42 Å². The summed E-state index contributed by atoms with van der Waals surface area (Å²) in [5.41, 5.74) is 0.466. The van der Waals surface area contributed by atoms with E-state index in [0.29, 0.717) is 17.1 Å². The smallest absolute Gasteiger partial charge is 0.313 e. The molecule has 2 rings (SSSR count). The normalized spacial score (nSPS) is 20.7. The summed E-state index contributed by atoms with van der Waals surface area (Å²) in [5.74, 6) is -1.41. The standard InChI is InChI=1S/C14H15ClN2O3/c15-10-2-1-3-11(7-10)16-13(19)14(20)17-12-5-4-9(6-12)8-18/h1-5,7,9,12,18H,6,8H2,(H,16,19)(H,17,20)/t9-,12+/m0/s1. The Kier molecular flexibility index (Phi) is 4.76. The van der Waals surface area contributed by atoms with Crippen molar-refractivity contribution in [3.63, 3.8) is 0 Å². The van der Waals surface area contributed by atoms with Crippen LogP contribution in [0.25, 0.3) is 0 Å². The second-order valence-electron chi connectivity index (χ2n) is 4.61. The van der Waals surface area contributed by atoms with Crippen molar-refractivity contribution in [3.8, 4) is 0 Å². The summed E-state index contributed by atoms with van der Waals surface area (Å²) >= 11 is 5.79. The van der Waals surface area contributed by atoms with E-state index < -0.39 is 11.8 Å². The monoisotopic (exact) mass is 294 g/mol. The predicted octanol–water partition coefficient (Wildman–Crippen LogP) is 1.33. The SMILES string of the molecule is O=C(Nc1cccc(Cl)c1)C(=O)N[C@@H]1C=C[C@H](CO)C1. The van der Waals surface area contributed by atoms with Crippen LogP contribution in [0, 0.1) is 5.92 Å². The first-order valence-corrected chi connectivity index (χ1v) is 6.63. The number of aliphatic hydroxyl groups excluding tert-OH is 1. The Bertz CT molecular complexity index is 545. The molecule has 1 aromatic rings. The number of carbonyl (C=O) groups excluding carboxylic acids is 2. The molecule has 0 aromatic heterocycles. The number of anilines is 1. The minimum Gasteiger partial charge on any atom is -0.396 e. The molecule has 2 amide bonds. The van der Waals surface area contributed by atoms with Gasteiger partial charge in [0.05, 0.1) is 0 Å². The highest BCUT2D eigenvalue weighted by Gasteiger charge is 2.22. The highest BCUT2D eigenvalue weighted by Crippen LogP contribution is 2.17. The molecule has 0 heterocycles. The third-order valence-electron chi connectivity index (χ3n) is 3.01. The number of hydrogen-bond donors (Lipinski definition) is 3. The Morgan fingerprint density at radius 3 is 2.75 bits per heavy atom. The molecule has 0 bridgehead atoms. The first-order chi connectivity index (χ1) is 9.58. The van der Waals surface area contributed by atoms with E-state index in [9.17, 15) is 9.59 Å². The van der Waals surface area contributed by atoms with Crippen LogP contribution < -0.4 is 10.6 Å². The van der Waals surface area contributed by atoms with Crippen LogP contribution in [-0.2, 0) is 9.59 Å². The van der Waals surface area contributed by atoms with Gasteiger partial charge in [-0.25, -0.2) is 0 Å². The van der Waals surface area contributed by atoms with Gasteiger partial charge in [-0.1, -0.05) is 29.8 Å². The molecular weight excluding hydrogens is 280 g/mol. The molecule has 0 spiro atoms. The summed E-state index contributed by atoms with van der Waals surface area (Å²) in [6.07, 6.45) is 4.22. The van der Waals surface area contributed by atoms with Crippen LogP contribution in [0.4, 0.5) is 5.69 Å². The Morgan fingerprint density at radius 1 is 1.30 bits per heavy atom. The lowest BCUT2D eigenvalue weighted by atomic mass is 10.1. The van der Waals surface area contributed by atoms with E-state index in [2.05, 4.69) is 10.6 Å². The van der Waals surface area contributed by atoms with Crippen LogP contribution in [0.15, 0.2) is 36.4 Å². The molecular formula is C14H15ClN2O3. The second-order valence-corrected chi connectivity index (χ2v) is 5.04. The van der Waals surface area contributed by atoms with E-state index in [1.807, 2.05) is 6.08 Å². The average molecular weight is 295 g/mol. The number of hydrogen-bond acceptors (Lipinski definition) is 3. The van der Waals surface area contributed by atoms with Crippen molar-refractivity contribution in [1.29, 1.82) is 0 Å². The molecule has 0 aliphatic heterocycles. The van der Waals surface area contributed by atoms with E-state index in [0.717, 1.165) is 0 Å². The molecule has 6 heteroatoms. The minimum absolute atomic E-state index is 0.0382. The second kappa shape index (κ2) is 6.54. The molecule has 0 radical (unpaired) electrons. The van der Waals surface area contributed by atoms with Crippen molar-refractivity contribution in [3.05, 3.63) is 41.4 Å². The molecule has 0 saturated heterocycles. The molecule has 106 valence electrons. The van der Waals surface area contributed by atoms with Gasteiger partial charge in [0.15, 0.2) is 0 Å². The quantitative estimate of drug-likeness (QED) is 0.581. The zero-order valence-corrected chi connectivity index (χ0v) is 11.4. The predicted molar refractivity (Wildman–Crippen MR) is 76.3 cm³/mol. The fourth-order valence-electron chi connectivity index (χ4n) is 2.01. The van der Waals surface area contributed by atoms with E-state index in [-0.39, 0.29) is 18.6 Å². The van der Waals surface area contributed by atoms with E-state index in [1.165, 1.54) is 0 Å². The van der Waals surface area contributed by atoms with Crippen molar-refractivity contribution in [2.45, 2.75) is 12.5 Å². The molecule has 1 aliphatic carbocycles. The lowest BCUT2D eigenvalue weighted by Gasteiger charge is -2.12.